The number of imide groups is 1. The third kappa shape index (κ3) is 2.37. The van der Waals surface area contributed by atoms with Gasteiger partial charge >= 0.3 is 0 Å². The Balaban J connectivity index is 1.53. The molecule has 7 heteroatoms. The Kier molecular flexibility index (Phi) is 3.38. The van der Waals surface area contributed by atoms with E-state index in [0.29, 0.717) is 23.8 Å². The van der Waals surface area contributed by atoms with Crippen LogP contribution in [0, 0.1) is 0 Å². The van der Waals surface area contributed by atoms with E-state index in [9.17, 15) is 14.4 Å². The number of nitrogens with zero attached hydrogens (tertiary/aromatic N) is 2. The van der Waals surface area contributed by atoms with E-state index in [0.717, 1.165) is 23.3 Å². The highest BCUT2D eigenvalue weighted by molar-refractivity contribution is 6.17. The monoisotopic (exact) mass is 327 g/mol. The average Bonchev–Trinajstić information content (AvgIpc) is 3.31. The van der Waals surface area contributed by atoms with Crippen LogP contribution >= 0.6 is 0 Å². The van der Waals surface area contributed by atoms with Gasteiger partial charge in [-0.25, -0.2) is 0 Å². The van der Waals surface area contributed by atoms with Crippen molar-refractivity contribution in [3.05, 3.63) is 41.1 Å². The Labute approximate surface area is 138 Å². The number of β-amino-alcohol motifs (C(OH)–C–C–N with tert-alkyl or cyclic N) is 1. The Morgan fingerprint density at radius 2 is 1.96 bits per heavy atom. The summed E-state index contributed by atoms with van der Waals surface area (Å²) in [5.74, 6) is -0.893. The summed E-state index contributed by atoms with van der Waals surface area (Å²) in [6, 6.07) is 5.78. The van der Waals surface area contributed by atoms with Crippen molar-refractivity contribution in [2.24, 2.45) is 0 Å². The first-order valence-corrected chi connectivity index (χ1v) is 7.98. The second-order valence-electron chi connectivity index (χ2n) is 6.24. The average molecular weight is 327 g/mol. The van der Waals surface area contributed by atoms with Crippen LogP contribution in [-0.4, -0.2) is 51.8 Å². The maximum absolute atomic E-state index is 12.4. The lowest BCUT2D eigenvalue weighted by Gasteiger charge is -2.13. The lowest BCUT2D eigenvalue weighted by molar-refractivity contribution is -0.137. The lowest BCUT2D eigenvalue weighted by atomic mass is 10.1. The van der Waals surface area contributed by atoms with Gasteiger partial charge in [-0.2, -0.15) is 0 Å². The molecule has 3 aliphatic rings. The first kappa shape index (κ1) is 14.9. The molecule has 3 amide bonds. The molecule has 7 nitrogen and oxygen atoms in total. The molecule has 0 aromatic heterocycles. The van der Waals surface area contributed by atoms with E-state index in [1.807, 2.05) is 11.0 Å². The molecular formula is C17H17N3O4. The van der Waals surface area contributed by atoms with E-state index >= 15 is 0 Å². The van der Waals surface area contributed by atoms with Crippen LogP contribution in [0.3, 0.4) is 0 Å². The summed E-state index contributed by atoms with van der Waals surface area (Å²) in [6.45, 7) is 0.338. The topological polar surface area (TPSA) is 90.0 Å². The molecule has 2 N–H and O–H groups in total. The molecule has 1 aliphatic carbocycles. The van der Waals surface area contributed by atoms with E-state index in [-0.39, 0.29) is 24.8 Å². The zero-order valence-electron chi connectivity index (χ0n) is 13.0. The van der Waals surface area contributed by atoms with Gasteiger partial charge in [0.1, 0.15) is 5.70 Å². The van der Waals surface area contributed by atoms with E-state index in [1.165, 1.54) is 6.08 Å². The zero-order chi connectivity index (χ0) is 16.8. The van der Waals surface area contributed by atoms with Crippen molar-refractivity contribution in [1.82, 2.24) is 9.80 Å². The van der Waals surface area contributed by atoms with Crippen molar-refractivity contribution in [3.8, 4) is 0 Å². The van der Waals surface area contributed by atoms with Crippen LogP contribution in [0.25, 0.3) is 0 Å². The van der Waals surface area contributed by atoms with Crippen LogP contribution < -0.4 is 5.32 Å². The number of carbonyl (C=O) groups is 3. The van der Waals surface area contributed by atoms with Crippen LogP contribution in [-0.2, 0) is 16.1 Å². The minimum Gasteiger partial charge on any atom is -0.395 e. The van der Waals surface area contributed by atoms with Crippen molar-refractivity contribution in [1.29, 1.82) is 0 Å². The standard InChI is InChI=1S/C17H17N3O4/c21-6-5-19-15(22)8-14(17(19)24)18-11-2-1-10-9-20(12-3-4-12)16(23)13(10)7-11/h1-2,7-8,12,18,21H,3-6,9H2. The molecule has 124 valence electrons. The van der Waals surface area contributed by atoms with Gasteiger partial charge in [-0.05, 0) is 30.5 Å². The predicted molar refractivity (Wildman–Crippen MR) is 84.8 cm³/mol. The summed E-state index contributed by atoms with van der Waals surface area (Å²) in [5, 5.41) is 11.8. The lowest BCUT2D eigenvalue weighted by Crippen LogP contribution is -2.34. The fourth-order valence-electron chi connectivity index (χ4n) is 3.15. The Bertz CT molecular complexity index is 782. The first-order valence-electron chi connectivity index (χ1n) is 7.98. The molecule has 4 rings (SSSR count). The molecule has 2 heterocycles. The molecule has 1 saturated carbocycles. The van der Waals surface area contributed by atoms with Gasteiger partial charge < -0.3 is 15.3 Å². The quantitative estimate of drug-likeness (QED) is 0.767. The predicted octanol–water partition coefficient (Wildman–Crippen LogP) is 0.462. The highest BCUT2D eigenvalue weighted by Crippen LogP contribution is 2.35. The molecule has 0 radical (unpaired) electrons. The number of aliphatic hydroxyl groups excluding tert-OH is 1. The van der Waals surface area contributed by atoms with E-state index in [2.05, 4.69) is 5.32 Å². The third-order valence-corrected chi connectivity index (χ3v) is 4.54. The van der Waals surface area contributed by atoms with Crippen molar-refractivity contribution >= 4 is 23.4 Å². The minimum atomic E-state index is -0.472. The molecule has 1 fully saturated rings. The molecule has 24 heavy (non-hydrogen) atoms. The number of rotatable bonds is 5. The van der Waals surface area contributed by atoms with Crippen LogP contribution in [0.2, 0.25) is 0 Å². The minimum absolute atomic E-state index is 0.0286. The van der Waals surface area contributed by atoms with Crippen molar-refractivity contribution in [3.63, 3.8) is 0 Å². The Morgan fingerprint density at radius 3 is 2.67 bits per heavy atom. The molecule has 0 unspecified atom stereocenters. The van der Waals surface area contributed by atoms with Gasteiger partial charge in [0.05, 0.1) is 13.2 Å². The maximum atomic E-state index is 12.4. The Hall–Kier alpha value is -2.67. The third-order valence-electron chi connectivity index (χ3n) is 4.54. The number of hydrogen-bond acceptors (Lipinski definition) is 5. The molecule has 1 aromatic rings. The second-order valence-corrected chi connectivity index (χ2v) is 6.24. The second kappa shape index (κ2) is 5.45. The van der Waals surface area contributed by atoms with Gasteiger partial charge in [0.25, 0.3) is 17.7 Å². The Morgan fingerprint density at radius 1 is 1.17 bits per heavy atom. The summed E-state index contributed by atoms with van der Waals surface area (Å²) in [7, 11) is 0. The fourth-order valence-corrected chi connectivity index (χ4v) is 3.15. The largest absolute Gasteiger partial charge is 0.395 e. The van der Waals surface area contributed by atoms with Crippen LogP contribution in [0.4, 0.5) is 5.69 Å². The van der Waals surface area contributed by atoms with Gasteiger partial charge in [0.2, 0.25) is 0 Å². The van der Waals surface area contributed by atoms with E-state index in [4.69, 9.17) is 5.11 Å². The number of benzene rings is 1. The van der Waals surface area contributed by atoms with Gasteiger partial charge in [0, 0.05) is 29.9 Å². The molecular weight excluding hydrogens is 310 g/mol. The summed E-state index contributed by atoms with van der Waals surface area (Å²) < 4.78 is 0. The van der Waals surface area contributed by atoms with Gasteiger partial charge in [0.15, 0.2) is 0 Å². The van der Waals surface area contributed by atoms with Gasteiger partial charge in [-0.3, -0.25) is 19.3 Å². The van der Waals surface area contributed by atoms with E-state index < -0.39 is 11.8 Å². The smallest absolute Gasteiger partial charge is 0.277 e. The van der Waals surface area contributed by atoms with Gasteiger partial charge in [-0.1, -0.05) is 6.07 Å². The summed E-state index contributed by atoms with van der Waals surface area (Å²) in [5.41, 5.74) is 2.38. The van der Waals surface area contributed by atoms with Crippen LogP contribution in [0.15, 0.2) is 30.0 Å². The highest BCUT2D eigenvalue weighted by atomic mass is 16.3. The summed E-state index contributed by atoms with van der Waals surface area (Å²) in [6.07, 6.45) is 3.34. The van der Waals surface area contributed by atoms with Crippen LogP contribution in [0.5, 0.6) is 0 Å². The molecule has 0 spiro atoms. The number of aliphatic hydroxyl groups is 1. The van der Waals surface area contributed by atoms with E-state index in [1.54, 1.807) is 12.1 Å². The molecule has 2 aliphatic heterocycles. The number of nitrogens with one attached hydrogen (secondary N) is 1. The number of carbonyl (C=O) groups excluding carboxylic acids is 3. The molecule has 0 bridgehead atoms. The number of amides is 3. The van der Waals surface area contributed by atoms with Gasteiger partial charge in [-0.15, -0.1) is 0 Å². The van der Waals surface area contributed by atoms with Crippen LogP contribution in [0.1, 0.15) is 28.8 Å². The molecule has 0 saturated heterocycles. The summed E-state index contributed by atoms with van der Waals surface area (Å²) >= 11 is 0. The SMILES string of the molecule is O=C1C=C(Nc2ccc3c(c2)C(=O)N(C2CC2)C3)C(=O)N1CCO. The maximum Gasteiger partial charge on any atom is 0.277 e. The van der Waals surface area contributed by atoms with Crippen molar-refractivity contribution in [2.75, 3.05) is 18.5 Å². The molecule has 1 aromatic carbocycles. The normalized spacial score (nSPS) is 19.9. The fraction of sp³-hybridized carbons (Fsp3) is 0.353. The first-order chi connectivity index (χ1) is 11.6. The zero-order valence-corrected chi connectivity index (χ0v) is 13.0. The van der Waals surface area contributed by atoms with Crippen molar-refractivity contribution < 1.29 is 19.5 Å². The number of hydrogen-bond donors (Lipinski definition) is 2. The highest BCUT2D eigenvalue weighted by Gasteiger charge is 2.38. The number of fused-ring (bicyclic) bond motifs is 1. The molecule has 0 atom stereocenters. The van der Waals surface area contributed by atoms with Crippen molar-refractivity contribution in [2.45, 2.75) is 25.4 Å². The number of anilines is 1. The summed E-state index contributed by atoms with van der Waals surface area (Å²) in [4.78, 5) is 39.2.